The molecule has 0 spiro atoms. The monoisotopic (exact) mass is 368 g/mol. The predicted octanol–water partition coefficient (Wildman–Crippen LogP) is 3.34. The minimum absolute atomic E-state index is 0.0267. The number of carbonyl (C=O) groups is 1. The molecule has 0 radical (unpaired) electrons. The molecule has 1 aliphatic carbocycles. The Hall–Kier alpha value is -3.01. The van der Waals surface area contributed by atoms with E-state index in [0.717, 1.165) is 37.5 Å². The Balaban J connectivity index is 1.57. The number of urea groups is 1. The number of amides is 2. The highest BCUT2D eigenvalue weighted by atomic mass is 19.1. The summed E-state index contributed by atoms with van der Waals surface area (Å²) in [5.41, 5.74) is 0.436. The highest BCUT2D eigenvalue weighted by molar-refractivity contribution is 5.94. The Bertz CT molecular complexity index is 935. The van der Waals surface area contributed by atoms with Crippen LogP contribution < -0.4 is 4.90 Å². The molecule has 1 saturated carbocycles. The average Bonchev–Trinajstić information content (AvgIpc) is 3.22. The third-order valence-electron chi connectivity index (χ3n) is 5.09. The van der Waals surface area contributed by atoms with E-state index in [1.807, 2.05) is 11.8 Å². The first-order valence-corrected chi connectivity index (χ1v) is 8.97. The fourth-order valence-electron chi connectivity index (χ4n) is 3.85. The van der Waals surface area contributed by atoms with Gasteiger partial charge in [-0.2, -0.15) is 0 Å². The van der Waals surface area contributed by atoms with Crippen molar-refractivity contribution in [3.8, 4) is 11.8 Å². The summed E-state index contributed by atoms with van der Waals surface area (Å²) in [4.78, 5) is 24.8. The molecule has 2 amide bonds. The summed E-state index contributed by atoms with van der Waals surface area (Å²) in [6, 6.07) is 3.39. The highest BCUT2D eigenvalue weighted by Gasteiger charge is 2.48. The van der Waals surface area contributed by atoms with Crippen molar-refractivity contribution in [2.75, 3.05) is 11.4 Å². The highest BCUT2D eigenvalue weighted by Crippen LogP contribution is 2.36. The van der Waals surface area contributed by atoms with Crippen LogP contribution >= 0.6 is 0 Å². The number of hydrogen-bond donors (Lipinski definition) is 0. The largest absolute Gasteiger partial charge is 0.327 e. The number of carbonyl (C=O) groups excluding carboxylic acids is 1. The Labute approximate surface area is 156 Å². The molecule has 4 rings (SSSR count). The van der Waals surface area contributed by atoms with Crippen LogP contribution in [0.15, 0.2) is 30.6 Å². The summed E-state index contributed by atoms with van der Waals surface area (Å²) in [7, 11) is 0. The lowest BCUT2D eigenvalue weighted by Crippen LogP contribution is -2.36. The van der Waals surface area contributed by atoms with E-state index >= 15 is 0 Å². The van der Waals surface area contributed by atoms with E-state index < -0.39 is 11.6 Å². The van der Waals surface area contributed by atoms with Gasteiger partial charge in [-0.05, 0) is 44.4 Å². The molecule has 5 nitrogen and oxygen atoms in total. The first kappa shape index (κ1) is 17.4. The van der Waals surface area contributed by atoms with Crippen LogP contribution in [0.1, 0.15) is 37.3 Å². The van der Waals surface area contributed by atoms with Gasteiger partial charge in [0, 0.05) is 18.9 Å². The van der Waals surface area contributed by atoms with Crippen LogP contribution in [0.4, 0.5) is 19.5 Å². The number of nitrogens with zero attached hydrogens (tertiary/aromatic N) is 4. The first-order chi connectivity index (χ1) is 13.1. The lowest BCUT2D eigenvalue weighted by molar-refractivity contribution is 0.207. The fourth-order valence-corrected chi connectivity index (χ4v) is 3.85. The molecule has 2 fully saturated rings. The number of likely N-dealkylation sites (N-methyl/N-ethyl adjacent to an activating group) is 1. The quantitative estimate of drug-likeness (QED) is 0.764. The zero-order valence-corrected chi connectivity index (χ0v) is 14.8. The van der Waals surface area contributed by atoms with E-state index in [9.17, 15) is 13.6 Å². The molecule has 2 atom stereocenters. The molecule has 7 heteroatoms. The van der Waals surface area contributed by atoms with Gasteiger partial charge in [0.25, 0.3) is 0 Å². The number of benzene rings is 1. The van der Waals surface area contributed by atoms with E-state index in [-0.39, 0.29) is 23.7 Å². The van der Waals surface area contributed by atoms with Crippen LogP contribution in [0.25, 0.3) is 0 Å². The van der Waals surface area contributed by atoms with Crippen molar-refractivity contribution in [1.29, 1.82) is 0 Å². The maximum absolute atomic E-state index is 13.6. The second-order valence-corrected chi connectivity index (χ2v) is 6.65. The van der Waals surface area contributed by atoms with Crippen LogP contribution in [-0.4, -0.2) is 39.5 Å². The van der Waals surface area contributed by atoms with E-state index in [4.69, 9.17) is 0 Å². The van der Waals surface area contributed by atoms with Crippen molar-refractivity contribution < 1.29 is 13.6 Å². The summed E-state index contributed by atoms with van der Waals surface area (Å²) in [5.74, 6) is 4.54. The number of halogens is 2. The van der Waals surface area contributed by atoms with Gasteiger partial charge in [-0.1, -0.05) is 11.8 Å². The lowest BCUT2D eigenvalue weighted by atomic mass is 10.2. The van der Waals surface area contributed by atoms with Gasteiger partial charge in [-0.25, -0.2) is 23.5 Å². The second-order valence-electron chi connectivity index (χ2n) is 6.65. The summed E-state index contributed by atoms with van der Waals surface area (Å²) < 4.78 is 26.8. The molecule has 1 aliphatic heterocycles. The number of hydrogen-bond acceptors (Lipinski definition) is 3. The lowest BCUT2D eigenvalue weighted by Gasteiger charge is -2.19. The second kappa shape index (κ2) is 6.95. The van der Waals surface area contributed by atoms with Crippen molar-refractivity contribution in [1.82, 2.24) is 14.9 Å². The summed E-state index contributed by atoms with van der Waals surface area (Å²) in [5, 5.41) is 0. The molecule has 27 heavy (non-hydrogen) atoms. The van der Waals surface area contributed by atoms with Crippen molar-refractivity contribution >= 4 is 12.0 Å². The van der Waals surface area contributed by atoms with Crippen molar-refractivity contribution in [2.45, 2.75) is 38.3 Å². The molecule has 1 aromatic heterocycles. The number of fused-ring (bicyclic) bond motifs is 1. The molecule has 138 valence electrons. The maximum Gasteiger partial charge on any atom is 0.327 e. The Morgan fingerprint density at radius 2 is 1.89 bits per heavy atom. The van der Waals surface area contributed by atoms with Gasteiger partial charge < -0.3 is 4.90 Å². The molecular formula is C20H18F2N4O. The smallest absolute Gasteiger partial charge is 0.319 e. The Kier molecular flexibility index (Phi) is 4.48. The van der Waals surface area contributed by atoms with Crippen LogP contribution in [0.2, 0.25) is 0 Å². The maximum atomic E-state index is 13.6. The summed E-state index contributed by atoms with van der Waals surface area (Å²) >= 11 is 0. The third-order valence-corrected chi connectivity index (χ3v) is 5.09. The number of aromatic nitrogens is 2. The standard InChI is InChI=1S/C20H18F2N4O/c1-2-25-17-4-3-5-18(17)26(20(25)27)19-23-11-13(12-24-19)6-7-14-10-15(21)8-9-16(14)22/h8-12,17-18H,2-5H2,1H3/t17-,18+/m0/s1. The minimum atomic E-state index is -0.587. The van der Waals surface area contributed by atoms with Gasteiger partial charge in [0.15, 0.2) is 0 Å². The van der Waals surface area contributed by atoms with E-state index in [1.165, 1.54) is 12.4 Å². The summed E-state index contributed by atoms with van der Waals surface area (Å²) in [6.45, 7) is 2.64. The van der Waals surface area contributed by atoms with E-state index in [2.05, 4.69) is 21.8 Å². The van der Waals surface area contributed by atoms with E-state index in [0.29, 0.717) is 18.1 Å². The van der Waals surface area contributed by atoms with Gasteiger partial charge >= 0.3 is 6.03 Å². The molecule has 0 unspecified atom stereocenters. The fraction of sp³-hybridized carbons (Fsp3) is 0.350. The van der Waals surface area contributed by atoms with Crippen molar-refractivity contribution in [3.05, 3.63) is 53.4 Å². The van der Waals surface area contributed by atoms with Crippen LogP contribution in [0.3, 0.4) is 0 Å². The molecule has 0 N–H and O–H groups in total. The SMILES string of the molecule is CCN1C(=O)N(c2ncc(C#Cc3cc(F)ccc3F)cn2)[C@@H]2CCC[C@@H]21. The minimum Gasteiger partial charge on any atom is -0.319 e. The van der Waals surface area contributed by atoms with Crippen molar-refractivity contribution in [2.24, 2.45) is 0 Å². The molecule has 2 heterocycles. The normalized spacial score (nSPS) is 21.2. The predicted molar refractivity (Wildman–Crippen MR) is 96.1 cm³/mol. The van der Waals surface area contributed by atoms with Crippen LogP contribution in [0.5, 0.6) is 0 Å². The molecular weight excluding hydrogens is 350 g/mol. The van der Waals surface area contributed by atoms with Gasteiger partial charge in [-0.3, -0.25) is 4.90 Å². The van der Waals surface area contributed by atoms with Crippen LogP contribution in [-0.2, 0) is 0 Å². The third kappa shape index (κ3) is 3.12. The molecule has 1 saturated heterocycles. The van der Waals surface area contributed by atoms with Gasteiger partial charge in [-0.15, -0.1) is 0 Å². The first-order valence-electron chi connectivity index (χ1n) is 8.97. The Morgan fingerprint density at radius 3 is 2.63 bits per heavy atom. The molecule has 0 bridgehead atoms. The van der Waals surface area contributed by atoms with Crippen LogP contribution in [0, 0.1) is 23.5 Å². The zero-order valence-electron chi connectivity index (χ0n) is 14.8. The molecule has 2 aromatic rings. The topological polar surface area (TPSA) is 49.3 Å². The van der Waals surface area contributed by atoms with Gasteiger partial charge in [0.05, 0.1) is 23.2 Å². The molecule has 2 aliphatic rings. The average molecular weight is 368 g/mol. The molecule has 1 aromatic carbocycles. The van der Waals surface area contributed by atoms with Gasteiger partial charge in [0.2, 0.25) is 5.95 Å². The van der Waals surface area contributed by atoms with Gasteiger partial charge in [0.1, 0.15) is 11.6 Å². The number of anilines is 1. The van der Waals surface area contributed by atoms with E-state index in [1.54, 1.807) is 4.90 Å². The van der Waals surface area contributed by atoms with Crippen molar-refractivity contribution in [3.63, 3.8) is 0 Å². The Morgan fingerprint density at radius 1 is 1.15 bits per heavy atom. The zero-order chi connectivity index (χ0) is 19.0. The number of rotatable bonds is 2. The summed E-state index contributed by atoms with van der Waals surface area (Å²) in [6.07, 6.45) is 6.02.